The summed E-state index contributed by atoms with van der Waals surface area (Å²) in [5.41, 5.74) is 7.38. The molecule has 0 aromatic heterocycles. The number of nitrogens with zero attached hydrogens (tertiary/aromatic N) is 1. The van der Waals surface area contributed by atoms with Gasteiger partial charge in [-0.1, -0.05) is 18.2 Å². The Balaban J connectivity index is 1.71. The Hall–Kier alpha value is -3.29. The predicted octanol–water partition coefficient (Wildman–Crippen LogP) is 1.61. The molecule has 0 saturated carbocycles. The van der Waals surface area contributed by atoms with E-state index in [0.717, 1.165) is 5.56 Å². The topological polar surface area (TPSA) is 98.0 Å². The first kappa shape index (κ1) is 21.0. The molecular formula is C20H25FN4O3. The van der Waals surface area contributed by atoms with Crippen molar-refractivity contribution in [1.29, 1.82) is 0 Å². The summed E-state index contributed by atoms with van der Waals surface area (Å²) in [6, 6.07) is 11.5. The van der Waals surface area contributed by atoms with E-state index in [1.165, 1.54) is 12.1 Å². The number of ether oxygens (including phenoxy) is 2. The molecule has 2 aromatic carbocycles. The van der Waals surface area contributed by atoms with Gasteiger partial charge in [-0.05, 0) is 35.4 Å². The smallest absolute Gasteiger partial charge is 0.224 e. The molecule has 7 nitrogen and oxygen atoms in total. The minimum atomic E-state index is -0.356. The molecule has 0 fully saturated rings. The van der Waals surface area contributed by atoms with E-state index in [-0.39, 0.29) is 24.1 Å². The molecule has 2 aromatic rings. The molecule has 0 atom stereocenters. The van der Waals surface area contributed by atoms with Crippen molar-refractivity contribution in [3.8, 4) is 11.5 Å². The van der Waals surface area contributed by atoms with Crippen molar-refractivity contribution < 1.29 is 18.7 Å². The van der Waals surface area contributed by atoms with Crippen molar-refractivity contribution in [3.63, 3.8) is 0 Å². The van der Waals surface area contributed by atoms with Crippen LogP contribution in [0.25, 0.3) is 0 Å². The largest absolute Gasteiger partial charge is 0.493 e. The van der Waals surface area contributed by atoms with Crippen molar-refractivity contribution >= 4 is 11.9 Å². The van der Waals surface area contributed by atoms with Gasteiger partial charge in [-0.25, -0.2) is 9.38 Å². The van der Waals surface area contributed by atoms with E-state index in [1.807, 2.05) is 12.1 Å². The van der Waals surface area contributed by atoms with Gasteiger partial charge in [0.1, 0.15) is 5.82 Å². The number of nitrogens with two attached hydrogens (primary N) is 1. The average molecular weight is 388 g/mol. The fraction of sp³-hybridized carbons (Fsp3) is 0.300. The zero-order valence-electron chi connectivity index (χ0n) is 16.0. The van der Waals surface area contributed by atoms with Crippen LogP contribution >= 0.6 is 0 Å². The Bertz CT molecular complexity index is 827. The number of rotatable bonds is 9. The number of hydrogen-bond donors (Lipinski definition) is 3. The first-order valence-corrected chi connectivity index (χ1v) is 8.77. The zero-order chi connectivity index (χ0) is 20.4. The van der Waals surface area contributed by atoms with Gasteiger partial charge in [0.15, 0.2) is 17.5 Å². The molecule has 0 aliphatic carbocycles. The van der Waals surface area contributed by atoms with Crippen LogP contribution in [-0.2, 0) is 17.8 Å². The van der Waals surface area contributed by atoms with Crippen LogP contribution in [0.3, 0.4) is 0 Å². The van der Waals surface area contributed by atoms with Crippen LogP contribution < -0.4 is 25.8 Å². The van der Waals surface area contributed by atoms with Crippen LogP contribution in [0.4, 0.5) is 4.39 Å². The van der Waals surface area contributed by atoms with E-state index in [1.54, 1.807) is 32.4 Å². The van der Waals surface area contributed by atoms with Crippen LogP contribution in [0.2, 0.25) is 0 Å². The van der Waals surface area contributed by atoms with Gasteiger partial charge in [0.05, 0.1) is 27.2 Å². The molecule has 28 heavy (non-hydrogen) atoms. The summed E-state index contributed by atoms with van der Waals surface area (Å²) in [5, 5.41) is 5.67. The number of nitrogens with one attached hydrogen (secondary N) is 2. The van der Waals surface area contributed by atoms with E-state index in [0.29, 0.717) is 36.7 Å². The molecule has 0 heterocycles. The maximum atomic E-state index is 13.1. The molecule has 4 N–H and O–H groups in total. The van der Waals surface area contributed by atoms with Gasteiger partial charge in [0.2, 0.25) is 5.91 Å². The lowest BCUT2D eigenvalue weighted by Crippen LogP contribution is -2.38. The Labute approximate surface area is 163 Å². The SMILES string of the molecule is COc1ccc(CN=C(N)NCCNC(=O)Cc2cccc(F)c2)cc1OC. The third kappa shape index (κ3) is 6.79. The lowest BCUT2D eigenvalue weighted by molar-refractivity contribution is -0.120. The second-order valence-electron chi connectivity index (χ2n) is 5.97. The molecule has 0 aliphatic heterocycles. The van der Waals surface area contributed by atoms with Gasteiger partial charge >= 0.3 is 0 Å². The minimum Gasteiger partial charge on any atom is -0.493 e. The van der Waals surface area contributed by atoms with E-state index in [9.17, 15) is 9.18 Å². The normalized spacial score (nSPS) is 11.0. The highest BCUT2D eigenvalue weighted by Crippen LogP contribution is 2.27. The van der Waals surface area contributed by atoms with Crippen LogP contribution in [0.1, 0.15) is 11.1 Å². The quantitative estimate of drug-likeness (QED) is 0.344. The number of carbonyl (C=O) groups is 1. The van der Waals surface area contributed by atoms with Crippen molar-refractivity contribution in [2.24, 2.45) is 10.7 Å². The van der Waals surface area contributed by atoms with Crippen molar-refractivity contribution in [2.45, 2.75) is 13.0 Å². The maximum absolute atomic E-state index is 13.1. The predicted molar refractivity (Wildman–Crippen MR) is 106 cm³/mol. The van der Waals surface area contributed by atoms with Crippen LogP contribution in [-0.4, -0.2) is 39.2 Å². The van der Waals surface area contributed by atoms with Crippen molar-refractivity contribution in [2.75, 3.05) is 27.3 Å². The van der Waals surface area contributed by atoms with Crippen LogP contribution in [0.5, 0.6) is 11.5 Å². The Morgan fingerprint density at radius 1 is 1.04 bits per heavy atom. The fourth-order valence-corrected chi connectivity index (χ4v) is 2.50. The molecule has 8 heteroatoms. The van der Waals surface area contributed by atoms with E-state index in [4.69, 9.17) is 15.2 Å². The van der Waals surface area contributed by atoms with E-state index < -0.39 is 0 Å². The molecule has 0 aliphatic rings. The van der Waals surface area contributed by atoms with Gasteiger partial charge in [-0.15, -0.1) is 0 Å². The number of methoxy groups -OCH3 is 2. The fourth-order valence-electron chi connectivity index (χ4n) is 2.50. The number of aliphatic imine (C=N–C) groups is 1. The summed E-state index contributed by atoms with van der Waals surface area (Å²) >= 11 is 0. The average Bonchev–Trinajstić information content (AvgIpc) is 2.69. The second-order valence-corrected chi connectivity index (χ2v) is 5.97. The number of benzene rings is 2. The van der Waals surface area contributed by atoms with Gasteiger partial charge in [-0.3, -0.25) is 4.79 Å². The third-order valence-electron chi connectivity index (χ3n) is 3.89. The maximum Gasteiger partial charge on any atom is 0.224 e. The first-order valence-electron chi connectivity index (χ1n) is 8.77. The molecule has 1 amide bonds. The Morgan fingerprint density at radius 3 is 2.50 bits per heavy atom. The highest BCUT2D eigenvalue weighted by atomic mass is 19.1. The molecule has 0 spiro atoms. The molecular weight excluding hydrogens is 363 g/mol. The van der Waals surface area contributed by atoms with Crippen molar-refractivity contribution in [1.82, 2.24) is 10.6 Å². The molecule has 150 valence electrons. The Morgan fingerprint density at radius 2 is 1.79 bits per heavy atom. The van der Waals surface area contributed by atoms with Crippen molar-refractivity contribution in [3.05, 3.63) is 59.4 Å². The van der Waals surface area contributed by atoms with Crippen LogP contribution in [0, 0.1) is 5.82 Å². The minimum absolute atomic E-state index is 0.126. The third-order valence-corrected chi connectivity index (χ3v) is 3.89. The summed E-state index contributed by atoms with van der Waals surface area (Å²) in [7, 11) is 3.15. The standard InChI is InChI=1S/C20H25FN4O3/c1-27-17-7-6-15(11-18(17)28-2)13-25-20(22)24-9-8-23-19(26)12-14-4-3-5-16(21)10-14/h3-7,10-11H,8-9,12-13H2,1-2H3,(H,23,26)(H3,22,24,25). The lowest BCUT2D eigenvalue weighted by Gasteiger charge is -2.09. The highest BCUT2D eigenvalue weighted by Gasteiger charge is 2.05. The number of carbonyl (C=O) groups excluding carboxylic acids is 1. The molecule has 0 saturated heterocycles. The zero-order valence-corrected chi connectivity index (χ0v) is 16.0. The summed E-state index contributed by atoms with van der Waals surface area (Å²) in [6.45, 7) is 1.18. The first-order chi connectivity index (χ1) is 13.5. The van der Waals surface area contributed by atoms with Crippen LogP contribution in [0.15, 0.2) is 47.5 Å². The molecule has 0 unspecified atom stereocenters. The number of hydrogen-bond acceptors (Lipinski definition) is 4. The number of guanidine groups is 1. The Kier molecular flexibility index (Phi) is 8.08. The second kappa shape index (κ2) is 10.8. The van der Waals surface area contributed by atoms with E-state index >= 15 is 0 Å². The molecule has 0 radical (unpaired) electrons. The van der Waals surface area contributed by atoms with Gasteiger partial charge in [-0.2, -0.15) is 0 Å². The summed E-state index contributed by atoms with van der Waals surface area (Å²) in [4.78, 5) is 16.1. The number of amides is 1. The lowest BCUT2D eigenvalue weighted by atomic mass is 10.1. The van der Waals surface area contributed by atoms with Gasteiger partial charge < -0.3 is 25.8 Å². The molecule has 2 rings (SSSR count). The van der Waals surface area contributed by atoms with Gasteiger partial charge in [0.25, 0.3) is 0 Å². The van der Waals surface area contributed by atoms with E-state index in [2.05, 4.69) is 15.6 Å². The molecule has 0 bridgehead atoms. The van der Waals surface area contributed by atoms with Gasteiger partial charge in [0, 0.05) is 13.1 Å². The highest BCUT2D eigenvalue weighted by molar-refractivity contribution is 5.79. The monoisotopic (exact) mass is 388 g/mol. The number of halogens is 1. The summed E-state index contributed by atoms with van der Waals surface area (Å²) in [5.74, 6) is 1.01. The summed E-state index contributed by atoms with van der Waals surface area (Å²) in [6.07, 6.45) is 0.126. The summed E-state index contributed by atoms with van der Waals surface area (Å²) < 4.78 is 23.6.